The van der Waals surface area contributed by atoms with E-state index in [0.29, 0.717) is 18.8 Å². The number of benzene rings is 1. The highest BCUT2D eigenvalue weighted by atomic mass is 16.5. The average molecular weight is 458 g/mol. The number of carbonyl (C=O) groups is 2. The Morgan fingerprint density at radius 3 is 2.24 bits per heavy atom. The van der Waals surface area contributed by atoms with Gasteiger partial charge in [0, 0.05) is 42.7 Å². The lowest BCUT2D eigenvalue weighted by molar-refractivity contribution is -0.144. The smallest absolute Gasteiger partial charge is 0.260 e. The zero-order chi connectivity index (χ0) is 24.1. The summed E-state index contributed by atoms with van der Waals surface area (Å²) < 4.78 is 5.62. The average Bonchev–Trinajstić information content (AvgIpc) is 2.76. The van der Waals surface area contributed by atoms with Crippen LogP contribution in [0.1, 0.15) is 73.1 Å². The summed E-state index contributed by atoms with van der Waals surface area (Å²) in [4.78, 5) is 30.3. The first-order valence-electron chi connectivity index (χ1n) is 12.7. The van der Waals surface area contributed by atoms with Crippen molar-refractivity contribution in [2.75, 3.05) is 26.2 Å². The van der Waals surface area contributed by atoms with E-state index >= 15 is 0 Å². The van der Waals surface area contributed by atoms with Gasteiger partial charge in [-0.2, -0.15) is 0 Å². The monoisotopic (exact) mass is 457 g/mol. The second-order valence-electron chi connectivity index (χ2n) is 11.1. The number of nitrogens with zero attached hydrogens (tertiary/aromatic N) is 2. The van der Waals surface area contributed by atoms with E-state index in [4.69, 9.17) is 4.74 Å². The molecule has 6 nitrogen and oxygen atoms in total. The summed E-state index contributed by atoms with van der Waals surface area (Å²) in [5.41, 5.74) is 0.0113. The Morgan fingerprint density at radius 2 is 1.67 bits per heavy atom. The first kappa shape index (κ1) is 25.5. The second kappa shape index (κ2) is 10.9. The highest BCUT2D eigenvalue weighted by molar-refractivity contribution is 5.81. The molecule has 2 saturated heterocycles. The molecule has 0 atom stereocenters. The van der Waals surface area contributed by atoms with Crippen LogP contribution in [0.5, 0.6) is 5.75 Å². The summed E-state index contributed by atoms with van der Waals surface area (Å²) in [6, 6.07) is 9.68. The Hall–Kier alpha value is -2.08. The Labute approximate surface area is 200 Å². The van der Waals surface area contributed by atoms with Gasteiger partial charge in [-0.3, -0.25) is 9.59 Å². The van der Waals surface area contributed by atoms with Crippen molar-refractivity contribution in [1.29, 1.82) is 0 Å². The van der Waals surface area contributed by atoms with Crippen LogP contribution in [0, 0.1) is 5.92 Å². The number of rotatable bonds is 8. The van der Waals surface area contributed by atoms with E-state index in [1.54, 1.807) is 0 Å². The SMILES string of the molecule is CCCCN(C(=O)C1CCN(C(=O)COc2ccccc2)CC1)C1CC(C)(C)NC(C)(C)C1. The molecular formula is C27H43N3O3. The van der Waals surface area contributed by atoms with Crippen LogP contribution in [0.2, 0.25) is 0 Å². The molecule has 0 aliphatic carbocycles. The Kier molecular flexibility index (Phi) is 8.43. The van der Waals surface area contributed by atoms with Crippen molar-refractivity contribution in [1.82, 2.24) is 15.1 Å². The van der Waals surface area contributed by atoms with Gasteiger partial charge in [0.1, 0.15) is 5.75 Å². The predicted octanol–water partition coefficient (Wildman–Crippen LogP) is 4.24. The Morgan fingerprint density at radius 1 is 1.06 bits per heavy atom. The highest BCUT2D eigenvalue weighted by Gasteiger charge is 2.42. The summed E-state index contributed by atoms with van der Waals surface area (Å²) in [6.07, 6.45) is 5.52. The summed E-state index contributed by atoms with van der Waals surface area (Å²) >= 11 is 0. The van der Waals surface area contributed by atoms with Gasteiger partial charge in [0.2, 0.25) is 5.91 Å². The van der Waals surface area contributed by atoms with Gasteiger partial charge in [-0.1, -0.05) is 31.5 Å². The lowest BCUT2D eigenvalue weighted by Gasteiger charge is -2.50. The number of nitrogens with one attached hydrogen (secondary N) is 1. The molecular weight excluding hydrogens is 414 g/mol. The number of amides is 2. The molecule has 0 spiro atoms. The van der Waals surface area contributed by atoms with Crippen molar-refractivity contribution in [2.24, 2.45) is 5.92 Å². The van der Waals surface area contributed by atoms with E-state index in [2.05, 4.69) is 44.8 Å². The van der Waals surface area contributed by atoms with Crippen LogP contribution >= 0.6 is 0 Å². The van der Waals surface area contributed by atoms with Gasteiger partial charge < -0.3 is 19.9 Å². The molecule has 0 aromatic heterocycles. The zero-order valence-electron chi connectivity index (χ0n) is 21.2. The fourth-order valence-corrected chi connectivity index (χ4v) is 5.65. The fraction of sp³-hybridized carbons (Fsp3) is 0.704. The Bertz CT molecular complexity index is 769. The lowest BCUT2D eigenvalue weighted by Crippen LogP contribution is -2.63. The molecule has 2 amide bonds. The third kappa shape index (κ3) is 7.20. The van der Waals surface area contributed by atoms with Crippen molar-refractivity contribution in [3.63, 3.8) is 0 Å². The molecule has 0 radical (unpaired) electrons. The largest absolute Gasteiger partial charge is 0.484 e. The number of carbonyl (C=O) groups excluding carboxylic acids is 2. The third-order valence-corrected chi connectivity index (χ3v) is 6.95. The molecule has 0 unspecified atom stereocenters. The number of para-hydroxylation sites is 1. The minimum Gasteiger partial charge on any atom is -0.484 e. The van der Waals surface area contributed by atoms with Gasteiger partial charge in [-0.05, 0) is 71.9 Å². The molecule has 184 valence electrons. The molecule has 6 heteroatoms. The molecule has 1 N–H and O–H groups in total. The van der Waals surface area contributed by atoms with Crippen LogP contribution in [0.4, 0.5) is 0 Å². The summed E-state index contributed by atoms with van der Waals surface area (Å²) in [6.45, 7) is 13.3. The van der Waals surface area contributed by atoms with Crippen LogP contribution in [0.3, 0.4) is 0 Å². The number of likely N-dealkylation sites (tertiary alicyclic amines) is 1. The molecule has 3 rings (SSSR count). The zero-order valence-corrected chi connectivity index (χ0v) is 21.2. The van der Waals surface area contributed by atoms with Crippen molar-refractivity contribution < 1.29 is 14.3 Å². The quantitative estimate of drug-likeness (QED) is 0.634. The molecule has 2 aliphatic rings. The first-order chi connectivity index (χ1) is 15.6. The van der Waals surface area contributed by atoms with E-state index in [1.807, 2.05) is 35.2 Å². The molecule has 33 heavy (non-hydrogen) atoms. The first-order valence-corrected chi connectivity index (χ1v) is 12.7. The molecule has 2 heterocycles. The summed E-state index contributed by atoms with van der Waals surface area (Å²) in [5.74, 6) is 0.987. The van der Waals surface area contributed by atoms with Gasteiger partial charge in [0.15, 0.2) is 6.61 Å². The third-order valence-electron chi connectivity index (χ3n) is 6.95. The summed E-state index contributed by atoms with van der Waals surface area (Å²) in [5, 5.41) is 3.74. The van der Waals surface area contributed by atoms with Crippen LogP contribution in [-0.2, 0) is 9.59 Å². The van der Waals surface area contributed by atoms with Crippen molar-refractivity contribution >= 4 is 11.8 Å². The van der Waals surface area contributed by atoms with E-state index in [9.17, 15) is 9.59 Å². The minimum absolute atomic E-state index is 0.00191. The topological polar surface area (TPSA) is 61.9 Å². The van der Waals surface area contributed by atoms with Crippen molar-refractivity contribution in [3.05, 3.63) is 30.3 Å². The van der Waals surface area contributed by atoms with Gasteiger partial charge in [0.05, 0.1) is 0 Å². The van der Waals surface area contributed by atoms with E-state index in [-0.39, 0.29) is 41.5 Å². The maximum atomic E-state index is 13.7. The molecule has 1 aromatic carbocycles. The molecule has 0 bridgehead atoms. The second-order valence-corrected chi connectivity index (χ2v) is 11.1. The van der Waals surface area contributed by atoms with Crippen LogP contribution in [0.25, 0.3) is 0 Å². The minimum atomic E-state index is -0.00514. The number of hydrogen-bond donors (Lipinski definition) is 1. The predicted molar refractivity (Wildman–Crippen MR) is 132 cm³/mol. The summed E-state index contributed by atoms with van der Waals surface area (Å²) in [7, 11) is 0. The normalized spacial score (nSPS) is 20.9. The number of ether oxygens (including phenoxy) is 1. The molecule has 0 saturated carbocycles. The van der Waals surface area contributed by atoms with Gasteiger partial charge >= 0.3 is 0 Å². The molecule has 2 fully saturated rings. The van der Waals surface area contributed by atoms with Crippen molar-refractivity contribution in [3.8, 4) is 5.75 Å². The number of piperidine rings is 2. The van der Waals surface area contributed by atoms with Gasteiger partial charge in [-0.15, -0.1) is 0 Å². The molecule has 1 aromatic rings. The van der Waals surface area contributed by atoms with Crippen molar-refractivity contribution in [2.45, 2.75) is 90.3 Å². The number of hydrogen-bond acceptors (Lipinski definition) is 4. The van der Waals surface area contributed by atoms with Crippen LogP contribution < -0.4 is 10.1 Å². The van der Waals surface area contributed by atoms with E-state index < -0.39 is 0 Å². The highest BCUT2D eigenvalue weighted by Crippen LogP contribution is 2.33. The van der Waals surface area contributed by atoms with E-state index in [0.717, 1.165) is 45.1 Å². The standard InChI is InChI=1S/C27H43N3O3/c1-6-7-15-30(22-18-26(2,3)28-27(4,5)19-22)25(32)21-13-16-29(17-14-21)24(31)20-33-23-11-9-8-10-12-23/h8-12,21-22,28H,6-7,13-20H2,1-5H3. The van der Waals surface area contributed by atoms with Crippen LogP contribution in [0.15, 0.2) is 30.3 Å². The number of unbranched alkanes of at least 4 members (excludes halogenated alkanes) is 1. The van der Waals surface area contributed by atoms with Crippen LogP contribution in [-0.4, -0.2) is 65.0 Å². The fourth-order valence-electron chi connectivity index (χ4n) is 5.65. The molecule has 2 aliphatic heterocycles. The maximum absolute atomic E-state index is 13.7. The van der Waals surface area contributed by atoms with Gasteiger partial charge in [-0.25, -0.2) is 0 Å². The Balaban J connectivity index is 1.57. The maximum Gasteiger partial charge on any atom is 0.260 e. The lowest BCUT2D eigenvalue weighted by atomic mass is 9.78. The van der Waals surface area contributed by atoms with E-state index in [1.165, 1.54) is 0 Å². The van der Waals surface area contributed by atoms with Gasteiger partial charge in [0.25, 0.3) is 5.91 Å².